The summed E-state index contributed by atoms with van der Waals surface area (Å²) in [6.45, 7) is 6.55. The Kier molecular flexibility index (Phi) is 7.99. The highest BCUT2D eigenvalue weighted by molar-refractivity contribution is 9.10. The Bertz CT molecular complexity index is 1280. The molecular formula is C28H34BrN5O4. The number of likely N-dealkylation sites (tertiary alicyclic amines) is 1. The van der Waals surface area contributed by atoms with E-state index >= 15 is 0 Å². The van der Waals surface area contributed by atoms with Crippen molar-refractivity contribution in [2.75, 3.05) is 51.5 Å². The second-order valence-corrected chi connectivity index (χ2v) is 10.8. The van der Waals surface area contributed by atoms with Gasteiger partial charge in [0.1, 0.15) is 12.1 Å². The van der Waals surface area contributed by atoms with Crippen molar-refractivity contribution >= 4 is 38.3 Å². The minimum absolute atomic E-state index is 0.181. The van der Waals surface area contributed by atoms with Crippen LogP contribution in [-0.2, 0) is 6.54 Å². The summed E-state index contributed by atoms with van der Waals surface area (Å²) in [7, 11) is 0. The summed E-state index contributed by atoms with van der Waals surface area (Å²) in [6.07, 6.45) is 8.30. The van der Waals surface area contributed by atoms with Crippen molar-refractivity contribution < 1.29 is 18.9 Å². The Labute approximate surface area is 231 Å². The summed E-state index contributed by atoms with van der Waals surface area (Å²) < 4.78 is 25.0. The first kappa shape index (κ1) is 25.5. The van der Waals surface area contributed by atoms with Gasteiger partial charge in [0.25, 0.3) is 0 Å². The van der Waals surface area contributed by atoms with E-state index in [0.29, 0.717) is 37.1 Å². The molecule has 9 nitrogen and oxygen atoms in total. The summed E-state index contributed by atoms with van der Waals surface area (Å²) in [4.78, 5) is 11.7. The first-order chi connectivity index (χ1) is 18.8. The molecule has 1 saturated heterocycles. The van der Waals surface area contributed by atoms with E-state index in [-0.39, 0.29) is 6.79 Å². The molecule has 0 aliphatic carbocycles. The third-order valence-corrected chi connectivity index (χ3v) is 7.86. The summed E-state index contributed by atoms with van der Waals surface area (Å²) >= 11 is 3.64. The van der Waals surface area contributed by atoms with Gasteiger partial charge in [0.15, 0.2) is 23.0 Å². The van der Waals surface area contributed by atoms with Crippen molar-refractivity contribution in [3.63, 3.8) is 0 Å². The average Bonchev–Trinajstić information content (AvgIpc) is 3.63. The minimum atomic E-state index is 0.181. The fourth-order valence-corrected chi connectivity index (χ4v) is 5.84. The lowest BCUT2D eigenvalue weighted by Gasteiger charge is -2.18. The number of aromatic nitrogens is 2. The van der Waals surface area contributed by atoms with Gasteiger partial charge in [-0.3, -0.25) is 0 Å². The molecule has 202 valence electrons. The van der Waals surface area contributed by atoms with E-state index in [1.54, 1.807) is 6.33 Å². The second-order valence-electron chi connectivity index (χ2n) is 9.96. The number of fused-ring (bicyclic) bond motifs is 4. The number of halogens is 1. The lowest BCUT2D eigenvalue weighted by Crippen LogP contribution is -2.22. The molecular weight excluding hydrogens is 550 g/mol. The molecule has 10 heteroatoms. The summed E-state index contributed by atoms with van der Waals surface area (Å²) in [5, 5.41) is 7.96. The monoisotopic (exact) mass is 583 g/mol. The van der Waals surface area contributed by atoms with Gasteiger partial charge in [0.05, 0.1) is 28.9 Å². The van der Waals surface area contributed by atoms with Gasteiger partial charge in [-0.2, -0.15) is 0 Å². The van der Waals surface area contributed by atoms with Crippen molar-refractivity contribution in [3.05, 3.63) is 34.6 Å². The first-order valence-corrected chi connectivity index (χ1v) is 14.4. The summed E-state index contributed by atoms with van der Waals surface area (Å²) in [6, 6.07) is 6.05. The topological polar surface area (TPSA) is 90.0 Å². The SMILES string of the molecule is Brc1cc2c(c3c1OCO3)Nc1ncnc3cc(OCCCN4CCCC4)c(cc13)OCCCCCNC2. The number of nitrogens with zero attached hydrogens (tertiary/aromatic N) is 3. The normalized spacial score (nSPS) is 17.9. The Morgan fingerprint density at radius 3 is 2.79 bits per heavy atom. The van der Waals surface area contributed by atoms with E-state index in [2.05, 4.69) is 47.5 Å². The number of anilines is 2. The van der Waals surface area contributed by atoms with Gasteiger partial charge in [0.2, 0.25) is 6.79 Å². The largest absolute Gasteiger partial charge is 0.490 e. The molecule has 0 saturated carbocycles. The number of nitrogens with one attached hydrogen (secondary N) is 2. The molecule has 2 bridgehead atoms. The predicted octanol–water partition coefficient (Wildman–Crippen LogP) is 5.38. The van der Waals surface area contributed by atoms with Gasteiger partial charge in [-0.15, -0.1) is 0 Å². The van der Waals surface area contributed by atoms with Crippen LogP contribution in [0, 0.1) is 0 Å². The molecule has 6 rings (SSSR count). The lowest BCUT2D eigenvalue weighted by molar-refractivity contribution is 0.174. The highest BCUT2D eigenvalue weighted by Gasteiger charge is 2.26. The van der Waals surface area contributed by atoms with Gasteiger partial charge >= 0.3 is 0 Å². The molecule has 3 aromatic rings. The highest BCUT2D eigenvalue weighted by Crippen LogP contribution is 2.48. The van der Waals surface area contributed by atoms with Gasteiger partial charge in [-0.1, -0.05) is 0 Å². The minimum Gasteiger partial charge on any atom is -0.490 e. The number of rotatable bonds is 5. The number of ether oxygens (including phenoxy) is 4. The van der Waals surface area contributed by atoms with Gasteiger partial charge in [-0.05, 0) is 91.8 Å². The van der Waals surface area contributed by atoms with Gasteiger partial charge in [0, 0.05) is 24.5 Å². The van der Waals surface area contributed by atoms with Crippen LogP contribution in [0.2, 0.25) is 0 Å². The maximum atomic E-state index is 6.27. The van der Waals surface area contributed by atoms with Crippen LogP contribution in [0.1, 0.15) is 44.1 Å². The van der Waals surface area contributed by atoms with Crippen molar-refractivity contribution in [2.24, 2.45) is 0 Å². The van der Waals surface area contributed by atoms with Crippen LogP contribution >= 0.6 is 15.9 Å². The molecule has 0 amide bonds. The highest BCUT2D eigenvalue weighted by atomic mass is 79.9. The van der Waals surface area contributed by atoms with Crippen LogP contribution in [0.25, 0.3) is 10.9 Å². The maximum Gasteiger partial charge on any atom is 0.231 e. The first-order valence-electron chi connectivity index (χ1n) is 13.6. The lowest BCUT2D eigenvalue weighted by atomic mass is 10.1. The van der Waals surface area contributed by atoms with Gasteiger partial charge < -0.3 is 34.5 Å². The van der Waals surface area contributed by atoms with Crippen molar-refractivity contribution in [1.29, 1.82) is 0 Å². The zero-order chi connectivity index (χ0) is 25.7. The van der Waals surface area contributed by atoms with Crippen molar-refractivity contribution in [2.45, 2.75) is 45.1 Å². The van der Waals surface area contributed by atoms with E-state index in [0.717, 1.165) is 76.9 Å². The van der Waals surface area contributed by atoms with Crippen molar-refractivity contribution in [1.82, 2.24) is 20.2 Å². The van der Waals surface area contributed by atoms with E-state index in [9.17, 15) is 0 Å². The van der Waals surface area contributed by atoms with E-state index in [1.165, 1.54) is 25.9 Å². The molecule has 1 fully saturated rings. The third-order valence-electron chi connectivity index (χ3n) is 7.27. The fourth-order valence-electron chi connectivity index (χ4n) is 5.27. The molecule has 2 aromatic carbocycles. The molecule has 0 unspecified atom stereocenters. The van der Waals surface area contributed by atoms with Crippen LogP contribution < -0.4 is 29.6 Å². The molecule has 2 N–H and O–H groups in total. The second kappa shape index (κ2) is 11.9. The molecule has 38 heavy (non-hydrogen) atoms. The molecule has 3 aliphatic heterocycles. The zero-order valence-corrected chi connectivity index (χ0v) is 23.1. The smallest absolute Gasteiger partial charge is 0.231 e. The Morgan fingerprint density at radius 1 is 0.974 bits per heavy atom. The summed E-state index contributed by atoms with van der Waals surface area (Å²) in [5.41, 5.74) is 2.70. The third kappa shape index (κ3) is 5.62. The Morgan fingerprint density at radius 2 is 1.87 bits per heavy atom. The standard InChI is InChI=1S/C28H34BrN5O4/c29-21-13-19-16-30-7-2-1-5-11-35-23-14-20-22(15-24(23)36-12-6-10-34-8-3-4-9-34)31-17-32-28(20)33-25(19)27-26(21)37-18-38-27/h13-15,17,30H,1-12,16,18H2,(H,31,32,33). The zero-order valence-electron chi connectivity index (χ0n) is 21.6. The molecule has 0 radical (unpaired) electrons. The van der Waals surface area contributed by atoms with E-state index in [1.807, 2.05) is 12.1 Å². The predicted molar refractivity (Wildman–Crippen MR) is 150 cm³/mol. The Hall–Kier alpha value is -2.82. The number of hydrogen-bond donors (Lipinski definition) is 2. The van der Waals surface area contributed by atoms with Crippen molar-refractivity contribution in [3.8, 4) is 23.0 Å². The van der Waals surface area contributed by atoms with Crippen LogP contribution in [0.3, 0.4) is 0 Å². The van der Waals surface area contributed by atoms with Crippen LogP contribution in [0.4, 0.5) is 11.5 Å². The molecule has 3 aliphatic rings. The average molecular weight is 585 g/mol. The number of hydrogen-bond acceptors (Lipinski definition) is 9. The summed E-state index contributed by atoms with van der Waals surface area (Å²) in [5.74, 6) is 3.52. The number of benzene rings is 2. The molecule has 0 atom stereocenters. The molecule has 4 heterocycles. The maximum absolute atomic E-state index is 6.27. The van der Waals surface area contributed by atoms with Crippen LogP contribution in [0.5, 0.6) is 23.0 Å². The van der Waals surface area contributed by atoms with Crippen LogP contribution in [-0.4, -0.2) is 61.1 Å². The van der Waals surface area contributed by atoms with E-state index in [4.69, 9.17) is 18.9 Å². The van der Waals surface area contributed by atoms with Crippen LogP contribution in [0.15, 0.2) is 29.0 Å². The Balaban J connectivity index is 1.32. The molecule has 1 aromatic heterocycles. The van der Waals surface area contributed by atoms with Gasteiger partial charge in [-0.25, -0.2) is 9.97 Å². The van der Waals surface area contributed by atoms with E-state index < -0.39 is 0 Å². The quantitative estimate of drug-likeness (QED) is 0.384. The molecule has 0 spiro atoms. The fraction of sp³-hybridized carbons (Fsp3) is 0.500.